The second kappa shape index (κ2) is 7.89. The number of ether oxygens (including phenoxy) is 1. The highest BCUT2D eigenvalue weighted by atomic mass is 79.9. The number of nitrogens with one attached hydrogen (secondary N) is 1. The number of benzene rings is 2. The summed E-state index contributed by atoms with van der Waals surface area (Å²) in [4.78, 5) is 16.2. The first-order valence-corrected chi connectivity index (χ1v) is 10.1. The Morgan fingerprint density at radius 2 is 1.81 bits per heavy atom. The maximum atomic E-state index is 12.4. The van der Waals surface area contributed by atoms with Crippen molar-refractivity contribution in [3.05, 3.63) is 82.5 Å². The molecule has 8 heteroatoms. The van der Waals surface area contributed by atoms with Gasteiger partial charge in [0.25, 0.3) is 15.9 Å². The molecule has 6 nitrogen and oxygen atoms in total. The number of halogens is 1. The standard InChI is InChI=1S/C19H15BrN2O4S/c1-13-11-14(20)7-9-17(13)19(23)22-27(24,25)16-8-10-18(21-12-16)26-15-5-3-2-4-6-15/h2-12H,1H3,(H,22,23). The highest BCUT2D eigenvalue weighted by molar-refractivity contribution is 9.10. The minimum atomic E-state index is -4.05. The molecule has 0 atom stereocenters. The molecule has 0 bridgehead atoms. The minimum absolute atomic E-state index is 0.133. The molecule has 0 spiro atoms. The van der Waals surface area contributed by atoms with E-state index >= 15 is 0 Å². The zero-order valence-corrected chi connectivity index (χ0v) is 16.6. The average Bonchev–Trinajstić information content (AvgIpc) is 2.62. The summed E-state index contributed by atoms with van der Waals surface area (Å²) in [5, 5.41) is 0. The van der Waals surface area contributed by atoms with Crippen molar-refractivity contribution in [3.8, 4) is 11.6 Å². The number of hydrogen-bond acceptors (Lipinski definition) is 5. The number of rotatable bonds is 5. The molecule has 1 N–H and O–H groups in total. The second-order valence-corrected chi connectivity index (χ2v) is 8.24. The molecule has 1 aromatic heterocycles. The van der Waals surface area contributed by atoms with Crippen LogP contribution < -0.4 is 9.46 Å². The Balaban J connectivity index is 1.75. The molecule has 0 radical (unpaired) electrons. The molecule has 1 amide bonds. The summed E-state index contributed by atoms with van der Waals surface area (Å²) in [5.74, 6) is 0.125. The van der Waals surface area contributed by atoms with Gasteiger partial charge in [0, 0.05) is 16.1 Å². The van der Waals surface area contributed by atoms with E-state index in [-0.39, 0.29) is 16.3 Å². The van der Waals surface area contributed by atoms with Crippen LogP contribution in [0.4, 0.5) is 0 Å². The van der Waals surface area contributed by atoms with Gasteiger partial charge in [-0.2, -0.15) is 0 Å². The number of pyridine rings is 1. The summed E-state index contributed by atoms with van der Waals surface area (Å²) >= 11 is 3.30. The van der Waals surface area contributed by atoms with Gasteiger partial charge in [-0.1, -0.05) is 34.1 Å². The normalized spacial score (nSPS) is 11.0. The van der Waals surface area contributed by atoms with Crippen molar-refractivity contribution in [1.82, 2.24) is 9.71 Å². The fourth-order valence-electron chi connectivity index (χ4n) is 2.31. The van der Waals surface area contributed by atoms with Gasteiger partial charge in [-0.3, -0.25) is 4.79 Å². The van der Waals surface area contributed by atoms with Gasteiger partial charge in [0.05, 0.1) is 6.20 Å². The van der Waals surface area contributed by atoms with E-state index in [1.165, 1.54) is 12.1 Å². The van der Waals surface area contributed by atoms with E-state index in [0.717, 1.165) is 10.7 Å². The molecule has 0 aliphatic rings. The smallest absolute Gasteiger partial charge is 0.265 e. The van der Waals surface area contributed by atoms with E-state index in [2.05, 4.69) is 25.6 Å². The molecule has 0 aliphatic heterocycles. The van der Waals surface area contributed by atoms with Crippen LogP contribution in [0.3, 0.4) is 0 Å². The summed E-state index contributed by atoms with van der Waals surface area (Å²) in [6.45, 7) is 1.73. The number of aromatic nitrogens is 1. The number of carbonyl (C=O) groups is 1. The Labute approximate surface area is 165 Å². The Bertz CT molecular complexity index is 1070. The van der Waals surface area contributed by atoms with Gasteiger partial charge in [-0.25, -0.2) is 18.1 Å². The quantitative estimate of drug-likeness (QED) is 0.638. The fourth-order valence-corrected chi connectivity index (χ4v) is 3.70. The molecule has 2 aromatic carbocycles. The molecule has 138 valence electrons. The van der Waals surface area contributed by atoms with Crippen molar-refractivity contribution < 1.29 is 17.9 Å². The average molecular weight is 447 g/mol. The predicted molar refractivity (Wildman–Crippen MR) is 104 cm³/mol. The second-order valence-electron chi connectivity index (χ2n) is 5.64. The maximum absolute atomic E-state index is 12.4. The van der Waals surface area contributed by atoms with Gasteiger partial charge in [-0.05, 0) is 48.9 Å². The van der Waals surface area contributed by atoms with Crippen LogP contribution in [0.5, 0.6) is 11.6 Å². The van der Waals surface area contributed by atoms with Crippen LogP contribution in [0.1, 0.15) is 15.9 Å². The summed E-state index contributed by atoms with van der Waals surface area (Å²) in [5.41, 5.74) is 0.931. The number of aryl methyl sites for hydroxylation is 1. The molecular weight excluding hydrogens is 432 g/mol. The van der Waals surface area contributed by atoms with Crippen molar-refractivity contribution in [2.45, 2.75) is 11.8 Å². The monoisotopic (exact) mass is 446 g/mol. The summed E-state index contributed by atoms with van der Waals surface area (Å²) in [7, 11) is -4.05. The molecule has 3 aromatic rings. The summed E-state index contributed by atoms with van der Waals surface area (Å²) < 4.78 is 33.3. The van der Waals surface area contributed by atoms with E-state index in [1.54, 1.807) is 37.3 Å². The van der Waals surface area contributed by atoms with E-state index in [1.807, 2.05) is 18.2 Å². The first kappa shape index (κ1) is 19.1. The number of para-hydroxylation sites is 1. The Morgan fingerprint density at radius 1 is 1.07 bits per heavy atom. The molecule has 0 saturated heterocycles. The van der Waals surface area contributed by atoms with Crippen molar-refractivity contribution in [2.75, 3.05) is 0 Å². The van der Waals surface area contributed by atoms with Gasteiger partial charge < -0.3 is 4.74 Å². The van der Waals surface area contributed by atoms with Crippen LogP contribution in [0.25, 0.3) is 0 Å². The van der Waals surface area contributed by atoms with Crippen molar-refractivity contribution in [2.24, 2.45) is 0 Å². The van der Waals surface area contributed by atoms with E-state index in [9.17, 15) is 13.2 Å². The number of amides is 1. The van der Waals surface area contributed by atoms with Crippen LogP contribution in [0.15, 0.2) is 76.2 Å². The van der Waals surface area contributed by atoms with E-state index in [4.69, 9.17) is 4.74 Å². The molecule has 3 rings (SSSR count). The Morgan fingerprint density at radius 3 is 2.44 bits per heavy atom. The SMILES string of the molecule is Cc1cc(Br)ccc1C(=O)NS(=O)(=O)c1ccc(Oc2ccccc2)nc1. The van der Waals surface area contributed by atoms with Crippen LogP contribution >= 0.6 is 15.9 Å². The number of carbonyl (C=O) groups excluding carboxylic acids is 1. The predicted octanol–water partition coefficient (Wildman–Crippen LogP) is 4.06. The van der Waals surface area contributed by atoms with Gasteiger partial charge in [0.1, 0.15) is 10.6 Å². The van der Waals surface area contributed by atoms with Crippen LogP contribution in [0.2, 0.25) is 0 Å². The van der Waals surface area contributed by atoms with Crippen LogP contribution in [-0.4, -0.2) is 19.3 Å². The van der Waals surface area contributed by atoms with Crippen molar-refractivity contribution in [3.63, 3.8) is 0 Å². The third-order valence-electron chi connectivity index (χ3n) is 3.65. The fraction of sp³-hybridized carbons (Fsp3) is 0.0526. The Hall–Kier alpha value is -2.71. The lowest BCUT2D eigenvalue weighted by molar-refractivity contribution is 0.0981. The molecule has 0 aliphatic carbocycles. The molecule has 0 fully saturated rings. The van der Waals surface area contributed by atoms with Crippen molar-refractivity contribution >= 4 is 31.9 Å². The first-order chi connectivity index (χ1) is 12.8. The molecule has 0 unspecified atom stereocenters. The largest absolute Gasteiger partial charge is 0.439 e. The number of nitrogens with zero attached hydrogens (tertiary/aromatic N) is 1. The topological polar surface area (TPSA) is 85.4 Å². The van der Waals surface area contributed by atoms with Crippen LogP contribution in [-0.2, 0) is 10.0 Å². The number of hydrogen-bond donors (Lipinski definition) is 1. The summed E-state index contributed by atoms with van der Waals surface area (Å²) in [6.07, 6.45) is 1.14. The third-order valence-corrected chi connectivity index (χ3v) is 5.45. The molecule has 27 heavy (non-hydrogen) atoms. The van der Waals surface area contributed by atoms with Gasteiger partial charge in [-0.15, -0.1) is 0 Å². The summed E-state index contributed by atoms with van der Waals surface area (Å²) in [6, 6.07) is 16.7. The lowest BCUT2D eigenvalue weighted by Gasteiger charge is -2.10. The number of sulfonamides is 1. The maximum Gasteiger partial charge on any atom is 0.265 e. The minimum Gasteiger partial charge on any atom is -0.439 e. The zero-order valence-electron chi connectivity index (χ0n) is 14.2. The zero-order chi connectivity index (χ0) is 19.4. The lowest BCUT2D eigenvalue weighted by atomic mass is 10.1. The van der Waals surface area contributed by atoms with E-state index < -0.39 is 15.9 Å². The highest BCUT2D eigenvalue weighted by Crippen LogP contribution is 2.20. The van der Waals surface area contributed by atoms with Gasteiger partial charge >= 0.3 is 0 Å². The molecule has 1 heterocycles. The Kier molecular flexibility index (Phi) is 5.57. The lowest BCUT2D eigenvalue weighted by Crippen LogP contribution is -2.31. The highest BCUT2D eigenvalue weighted by Gasteiger charge is 2.20. The van der Waals surface area contributed by atoms with Gasteiger partial charge in [0.15, 0.2) is 0 Å². The molecule has 0 saturated carbocycles. The third kappa shape index (κ3) is 4.72. The first-order valence-electron chi connectivity index (χ1n) is 7.87. The van der Waals surface area contributed by atoms with E-state index in [0.29, 0.717) is 11.3 Å². The van der Waals surface area contributed by atoms with Crippen LogP contribution in [0, 0.1) is 6.92 Å². The van der Waals surface area contributed by atoms with Crippen molar-refractivity contribution in [1.29, 1.82) is 0 Å². The molecular formula is C19H15BrN2O4S. The van der Waals surface area contributed by atoms with Gasteiger partial charge in [0.2, 0.25) is 5.88 Å².